The van der Waals surface area contributed by atoms with Crippen molar-refractivity contribution in [2.45, 2.75) is 290 Å². The van der Waals surface area contributed by atoms with Crippen LogP contribution in [-0.2, 0) is 19.1 Å². The molecule has 0 bridgehead atoms. The van der Waals surface area contributed by atoms with Crippen LogP contribution in [0.2, 0.25) is 0 Å². The molecule has 0 saturated heterocycles. The number of hydrogen-bond donors (Lipinski definition) is 1. The van der Waals surface area contributed by atoms with Crippen molar-refractivity contribution in [3.63, 3.8) is 0 Å². The molecule has 1 N–H and O–H groups in total. The minimum absolute atomic E-state index is 0.0799. The molecule has 1 unspecified atom stereocenters. The normalized spacial score (nSPS) is 13.1. The molecule has 0 amide bonds. The average molecular weight is 1050 g/mol. The minimum Gasteiger partial charge on any atom is -0.462 e. The number of esters is 2. The lowest BCUT2D eigenvalue weighted by Gasteiger charge is -2.15. The molecule has 0 aromatic carbocycles. The Morgan fingerprint density at radius 1 is 0.316 bits per heavy atom. The smallest absolute Gasteiger partial charge is 0.306 e. The van der Waals surface area contributed by atoms with Crippen LogP contribution in [0.25, 0.3) is 0 Å². The van der Waals surface area contributed by atoms with Gasteiger partial charge < -0.3 is 14.6 Å². The second-order valence-corrected chi connectivity index (χ2v) is 20.8. The Kier molecular flexibility index (Phi) is 61.9. The quantitative estimate of drug-likeness (QED) is 0.0373. The molecule has 432 valence electrons. The molecule has 0 spiro atoms. The summed E-state index contributed by atoms with van der Waals surface area (Å²) in [7, 11) is 0. The minimum atomic E-state index is -0.793. The highest BCUT2D eigenvalue weighted by Crippen LogP contribution is 2.16. The largest absolute Gasteiger partial charge is 0.462 e. The number of ether oxygens (including phenoxy) is 2. The van der Waals surface area contributed by atoms with Crippen molar-refractivity contribution in [2.75, 3.05) is 13.2 Å². The number of carbonyl (C=O) groups excluding carboxylic acids is 2. The molecule has 5 heteroatoms. The van der Waals surface area contributed by atoms with Gasteiger partial charge in [0, 0.05) is 12.8 Å². The Morgan fingerprint density at radius 3 is 0.855 bits per heavy atom. The maximum Gasteiger partial charge on any atom is 0.306 e. The first-order chi connectivity index (χ1) is 37.6. The van der Waals surface area contributed by atoms with Gasteiger partial charge in [-0.15, -0.1) is 0 Å². The van der Waals surface area contributed by atoms with E-state index in [1.807, 2.05) is 0 Å². The van der Waals surface area contributed by atoms with E-state index in [1.165, 1.54) is 135 Å². The van der Waals surface area contributed by atoms with Crippen molar-refractivity contribution in [3.8, 4) is 0 Å². The zero-order valence-electron chi connectivity index (χ0n) is 49.5. The van der Waals surface area contributed by atoms with E-state index in [1.54, 1.807) is 0 Å². The molecule has 5 nitrogen and oxygen atoms in total. The van der Waals surface area contributed by atoms with Gasteiger partial charge in [-0.2, -0.15) is 0 Å². The molecule has 1 atom stereocenters. The first kappa shape index (κ1) is 72.0. The molecule has 0 aromatic heterocycles. The number of unbranched alkanes of at least 4 members (excludes halogenated alkanes) is 27. The third-order valence-corrected chi connectivity index (χ3v) is 13.4. The van der Waals surface area contributed by atoms with Crippen LogP contribution in [0.3, 0.4) is 0 Å². The highest BCUT2D eigenvalue weighted by atomic mass is 16.6. The number of hydrogen-bond acceptors (Lipinski definition) is 5. The van der Waals surface area contributed by atoms with Gasteiger partial charge in [0.25, 0.3) is 0 Å². The maximum atomic E-state index is 12.3. The van der Waals surface area contributed by atoms with E-state index >= 15 is 0 Å². The molecule has 76 heavy (non-hydrogen) atoms. The summed E-state index contributed by atoms with van der Waals surface area (Å²) in [5.74, 6) is -0.613. The van der Waals surface area contributed by atoms with E-state index in [9.17, 15) is 14.7 Å². The molecular weight excluding hydrogens is 933 g/mol. The maximum absolute atomic E-state index is 12.3. The van der Waals surface area contributed by atoms with E-state index in [0.717, 1.165) is 122 Å². The van der Waals surface area contributed by atoms with Crippen molar-refractivity contribution >= 4 is 11.9 Å². The molecule has 0 rings (SSSR count). The summed E-state index contributed by atoms with van der Waals surface area (Å²) in [6, 6.07) is 0. The van der Waals surface area contributed by atoms with Crippen molar-refractivity contribution in [1.29, 1.82) is 0 Å². The van der Waals surface area contributed by atoms with Gasteiger partial charge in [-0.1, -0.05) is 289 Å². The van der Waals surface area contributed by atoms with Gasteiger partial charge >= 0.3 is 11.9 Å². The molecule has 0 fully saturated rings. The molecule has 0 saturated carbocycles. The Balaban J connectivity index is 3.57. The van der Waals surface area contributed by atoms with Crippen molar-refractivity contribution in [2.24, 2.45) is 0 Å². The van der Waals surface area contributed by atoms with Crippen LogP contribution in [0.4, 0.5) is 0 Å². The second-order valence-electron chi connectivity index (χ2n) is 20.8. The number of rotatable bonds is 57. The van der Waals surface area contributed by atoms with E-state index in [4.69, 9.17) is 9.47 Å². The third kappa shape index (κ3) is 62.6. The highest BCUT2D eigenvalue weighted by Gasteiger charge is 2.16. The average Bonchev–Trinajstić information content (AvgIpc) is 3.42. The van der Waals surface area contributed by atoms with Crippen LogP contribution >= 0.6 is 0 Å². The summed E-state index contributed by atoms with van der Waals surface area (Å²) in [4.78, 5) is 24.6. The monoisotopic (exact) mass is 1050 g/mol. The molecule has 0 aromatic rings. The molecule has 0 radical (unpaired) electrons. The molecule has 0 heterocycles. The van der Waals surface area contributed by atoms with Crippen LogP contribution in [0, 0.1) is 0 Å². The van der Waals surface area contributed by atoms with Crippen molar-refractivity contribution in [1.82, 2.24) is 0 Å². The van der Waals surface area contributed by atoms with Gasteiger partial charge in [0.2, 0.25) is 0 Å². The van der Waals surface area contributed by atoms with Gasteiger partial charge in [-0.3, -0.25) is 9.59 Å². The summed E-state index contributed by atoms with van der Waals surface area (Å²) in [6.45, 7) is 4.01. The first-order valence-corrected chi connectivity index (χ1v) is 31.7. The van der Waals surface area contributed by atoms with Crippen molar-refractivity contribution in [3.05, 3.63) is 134 Å². The number of aliphatic hydroxyl groups excluding tert-OH is 1. The summed E-state index contributed by atoms with van der Waals surface area (Å²) in [5, 5.41) is 9.68. The fourth-order valence-corrected chi connectivity index (χ4v) is 8.70. The zero-order valence-corrected chi connectivity index (χ0v) is 49.5. The second kappa shape index (κ2) is 65.3. The van der Waals surface area contributed by atoms with E-state index in [-0.39, 0.29) is 25.2 Å². The Hall–Kier alpha value is -3.96. The standard InChI is InChI=1S/C71H118O5/c1-3-5-7-9-11-13-15-17-19-21-23-25-27-29-31-33-34-35-36-38-40-42-44-46-48-50-52-54-56-58-60-62-64-66-71(74)76-69(67-72)68-75-70(73)65-63-61-59-57-55-53-51-49-47-45-43-41-39-37-32-30-28-26-24-22-20-18-16-14-12-10-8-6-4-2/h5,7,11,13,16-19,22-25,29,31,34-35,38,40,44,46,50,52,69,72H,3-4,6,8-10,12,14-15,20-21,26-28,30,32-33,36-37,39,41-43,45,47-49,51,53-68H2,1-2H3/b7-5-,13-11-,18-16-,19-17-,24-22-,25-23-,31-29-,35-34-,40-38-,46-44-,52-50-. The van der Waals surface area contributed by atoms with Gasteiger partial charge in [-0.05, 0) is 116 Å². The molecule has 0 aliphatic rings. The summed E-state index contributed by atoms with van der Waals surface area (Å²) >= 11 is 0. The summed E-state index contributed by atoms with van der Waals surface area (Å²) in [5.41, 5.74) is 0. The SMILES string of the molecule is CC/C=C\C/C=C\C/C=C\C/C=C\C/C=C\C/C=C\C/C=C\C/C=C\C/C=C\CCCCCCCC(=O)OC(CO)COC(=O)CCCCCCCCCCCCCCCCCCC/C=C\C/C=C\CCCCCCC. The van der Waals surface area contributed by atoms with E-state index < -0.39 is 6.10 Å². The lowest BCUT2D eigenvalue weighted by atomic mass is 10.0. The van der Waals surface area contributed by atoms with E-state index in [0.29, 0.717) is 12.8 Å². The lowest BCUT2D eigenvalue weighted by molar-refractivity contribution is -0.161. The summed E-state index contributed by atoms with van der Waals surface area (Å²) < 4.78 is 10.7. The Labute approximate surface area is 470 Å². The highest BCUT2D eigenvalue weighted by molar-refractivity contribution is 5.70. The lowest BCUT2D eigenvalue weighted by Crippen LogP contribution is -2.28. The fraction of sp³-hybridized carbons (Fsp3) is 0.662. The van der Waals surface area contributed by atoms with Gasteiger partial charge in [-0.25, -0.2) is 0 Å². The molecule has 0 aliphatic heterocycles. The van der Waals surface area contributed by atoms with Crippen LogP contribution in [0.15, 0.2) is 134 Å². The predicted octanol–water partition coefficient (Wildman–Crippen LogP) is 22.0. The number of allylic oxidation sites excluding steroid dienone is 22. The topological polar surface area (TPSA) is 72.8 Å². The Bertz CT molecular complexity index is 1570. The number of aliphatic hydroxyl groups is 1. The van der Waals surface area contributed by atoms with Crippen LogP contribution in [0.1, 0.15) is 284 Å². The Morgan fingerprint density at radius 2 is 0.566 bits per heavy atom. The van der Waals surface area contributed by atoms with Crippen LogP contribution in [-0.4, -0.2) is 36.4 Å². The van der Waals surface area contributed by atoms with Crippen LogP contribution in [0.5, 0.6) is 0 Å². The van der Waals surface area contributed by atoms with Gasteiger partial charge in [0.15, 0.2) is 6.10 Å². The predicted molar refractivity (Wildman–Crippen MR) is 334 cm³/mol. The number of carbonyl (C=O) groups is 2. The third-order valence-electron chi connectivity index (χ3n) is 13.4. The zero-order chi connectivity index (χ0) is 54.8. The van der Waals surface area contributed by atoms with Crippen LogP contribution < -0.4 is 0 Å². The van der Waals surface area contributed by atoms with Gasteiger partial charge in [0.05, 0.1) is 6.61 Å². The summed E-state index contributed by atoms with van der Waals surface area (Å²) in [6.07, 6.45) is 97.3. The fourth-order valence-electron chi connectivity index (χ4n) is 8.70. The van der Waals surface area contributed by atoms with E-state index in [2.05, 4.69) is 148 Å². The van der Waals surface area contributed by atoms with Crippen molar-refractivity contribution < 1.29 is 24.2 Å². The molecular formula is C71H118O5. The van der Waals surface area contributed by atoms with Gasteiger partial charge in [0.1, 0.15) is 6.61 Å². The first-order valence-electron chi connectivity index (χ1n) is 31.7. The molecule has 0 aliphatic carbocycles.